The number of anilines is 1. The van der Waals surface area contributed by atoms with E-state index in [4.69, 9.17) is 27.9 Å². The molecule has 1 atom stereocenters. The smallest absolute Gasteiger partial charge is 0.261 e. The van der Waals surface area contributed by atoms with E-state index in [2.05, 4.69) is 33.9 Å². The van der Waals surface area contributed by atoms with Gasteiger partial charge in [-0.05, 0) is 85.7 Å². The van der Waals surface area contributed by atoms with E-state index in [1.807, 2.05) is 78.6 Å². The summed E-state index contributed by atoms with van der Waals surface area (Å²) in [5, 5.41) is 13.2. The SMILES string of the molecule is COc1ccc(C2=NN=NC2)cc1-c1cc2c(n1C(C)C)C(c1ccc(Cl)cc1)N(c1cc(Cl)ccc1C)C2=O. The quantitative estimate of drug-likeness (QED) is 0.233. The molecule has 1 amide bonds. The Morgan fingerprint density at radius 1 is 0.950 bits per heavy atom. The van der Waals surface area contributed by atoms with Gasteiger partial charge in [-0.2, -0.15) is 5.11 Å². The molecule has 0 spiro atoms. The maximum atomic E-state index is 14.3. The molecule has 0 N–H and O–H groups in total. The van der Waals surface area contributed by atoms with Gasteiger partial charge in [-0.25, -0.2) is 0 Å². The van der Waals surface area contributed by atoms with E-state index < -0.39 is 0 Å². The minimum absolute atomic E-state index is 0.0314. The minimum atomic E-state index is -0.390. The fraction of sp³-hybridized carbons (Fsp3) is 0.226. The molecule has 0 saturated carbocycles. The number of nitrogens with zero attached hydrogens (tertiary/aromatic N) is 5. The van der Waals surface area contributed by atoms with Gasteiger partial charge < -0.3 is 9.30 Å². The second-order valence-electron chi connectivity index (χ2n) is 10.2. The molecule has 3 aromatic carbocycles. The van der Waals surface area contributed by atoms with Crippen molar-refractivity contribution in [2.75, 3.05) is 18.6 Å². The summed E-state index contributed by atoms with van der Waals surface area (Å²) >= 11 is 12.7. The Kier molecular flexibility index (Phi) is 6.72. The number of rotatable bonds is 6. The number of fused-ring (bicyclic) bond motifs is 1. The van der Waals surface area contributed by atoms with Crippen molar-refractivity contribution in [2.24, 2.45) is 15.4 Å². The molecule has 1 unspecified atom stereocenters. The van der Waals surface area contributed by atoms with Gasteiger partial charge in [0.15, 0.2) is 0 Å². The van der Waals surface area contributed by atoms with E-state index in [0.717, 1.165) is 45.0 Å². The molecular formula is C31H27Cl2N5O2. The summed E-state index contributed by atoms with van der Waals surface area (Å²) in [6.07, 6.45) is 0. The summed E-state index contributed by atoms with van der Waals surface area (Å²) in [4.78, 5) is 16.2. The van der Waals surface area contributed by atoms with Gasteiger partial charge in [0, 0.05) is 32.9 Å². The molecule has 0 radical (unpaired) electrons. The molecule has 3 heterocycles. The van der Waals surface area contributed by atoms with E-state index in [-0.39, 0.29) is 18.0 Å². The van der Waals surface area contributed by atoms with E-state index in [9.17, 15) is 4.79 Å². The number of hydrogen-bond donors (Lipinski definition) is 0. The molecule has 1 aromatic heterocycles. The van der Waals surface area contributed by atoms with Crippen LogP contribution < -0.4 is 9.64 Å². The first kappa shape index (κ1) is 26.3. The van der Waals surface area contributed by atoms with Crippen molar-refractivity contribution in [3.05, 3.63) is 105 Å². The monoisotopic (exact) mass is 571 g/mol. The molecule has 6 rings (SSSR count). The zero-order valence-electron chi connectivity index (χ0n) is 22.5. The van der Waals surface area contributed by atoms with Gasteiger partial charge >= 0.3 is 0 Å². The van der Waals surface area contributed by atoms with Gasteiger partial charge in [-0.1, -0.05) is 41.4 Å². The van der Waals surface area contributed by atoms with Crippen LogP contribution in [0.4, 0.5) is 5.69 Å². The van der Waals surface area contributed by atoms with Gasteiger partial charge in [0.2, 0.25) is 0 Å². The fourth-order valence-electron chi connectivity index (χ4n) is 5.62. The van der Waals surface area contributed by atoms with Crippen molar-refractivity contribution in [3.63, 3.8) is 0 Å². The van der Waals surface area contributed by atoms with Crippen molar-refractivity contribution >= 4 is 40.5 Å². The number of ether oxygens (including phenoxy) is 1. The lowest BCUT2D eigenvalue weighted by Crippen LogP contribution is -2.30. The van der Waals surface area contributed by atoms with Crippen LogP contribution >= 0.6 is 23.2 Å². The number of carbonyl (C=O) groups is 1. The first-order valence-corrected chi connectivity index (χ1v) is 13.8. The van der Waals surface area contributed by atoms with Crippen LogP contribution in [0.5, 0.6) is 5.75 Å². The van der Waals surface area contributed by atoms with Gasteiger partial charge in [-0.15, -0.1) is 5.10 Å². The highest BCUT2D eigenvalue weighted by molar-refractivity contribution is 6.31. The molecule has 0 bridgehead atoms. The summed E-state index contributed by atoms with van der Waals surface area (Å²) < 4.78 is 8.03. The Morgan fingerprint density at radius 3 is 2.38 bits per heavy atom. The number of aryl methyl sites for hydroxylation is 1. The van der Waals surface area contributed by atoms with E-state index in [0.29, 0.717) is 27.9 Å². The molecular weight excluding hydrogens is 545 g/mol. The van der Waals surface area contributed by atoms with Gasteiger partial charge in [0.1, 0.15) is 18.3 Å². The number of methoxy groups -OCH3 is 1. The van der Waals surface area contributed by atoms with Crippen molar-refractivity contribution in [2.45, 2.75) is 32.9 Å². The summed E-state index contributed by atoms with van der Waals surface area (Å²) in [5.41, 5.74) is 7.69. The Hall–Kier alpha value is -3.94. The Labute approximate surface area is 242 Å². The molecule has 0 fully saturated rings. The fourth-order valence-corrected chi connectivity index (χ4v) is 5.91. The Morgan fingerprint density at radius 2 is 1.70 bits per heavy atom. The highest BCUT2D eigenvalue weighted by Gasteiger charge is 2.44. The van der Waals surface area contributed by atoms with Crippen LogP contribution in [0.2, 0.25) is 10.0 Å². The molecule has 9 heteroatoms. The third-order valence-electron chi connectivity index (χ3n) is 7.43. The lowest BCUT2D eigenvalue weighted by atomic mass is 10.0. The second kappa shape index (κ2) is 10.2. The maximum absolute atomic E-state index is 14.3. The zero-order chi connectivity index (χ0) is 28.1. The van der Waals surface area contributed by atoms with E-state index in [1.54, 1.807) is 7.11 Å². The van der Waals surface area contributed by atoms with Crippen LogP contribution in [-0.2, 0) is 0 Å². The Balaban J connectivity index is 1.60. The average Bonchev–Trinajstić information content (AvgIpc) is 3.67. The topological polar surface area (TPSA) is 71.6 Å². The van der Waals surface area contributed by atoms with Crippen LogP contribution in [0.3, 0.4) is 0 Å². The normalized spacial score (nSPS) is 16.2. The van der Waals surface area contributed by atoms with Crippen molar-refractivity contribution in [1.82, 2.24) is 4.57 Å². The highest BCUT2D eigenvalue weighted by Crippen LogP contribution is 2.48. The first-order valence-electron chi connectivity index (χ1n) is 13.0. The summed E-state index contributed by atoms with van der Waals surface area (Å²) in [7, 11) is 1.65. The summed E-state index contributed by atoms with van der Waals surface area (Å²) in [6, 6.07) is 20.9. The number of aromatic nitrogens is 1. The third kappa shape index (κ3) is 4.30. The zero-order valence-corrected chi connectivity index (χ0v) is 24.0. The second-order valence-corrected chi connectivity index (χ2v) is 11.1. The maximum Gasteiger partial charge on any atom is 0.261 e. The number of hydrogen-bond acceptors (Lipinski definition) is 5. The largest absolute Gasteiger partial charge is 0.496 e. The number of halogens is 2. The van der Waals surface area contributed by atoms with Gasteiger partial charge in [0.25, 0.3) is 5.91 Å². The molecule has 0 aliphatic carbocycles. The number of carbonyl (C=O) groups excluding carboxylic acids is 1. The lowest BCUT2D eigenvalue weighted by molar-refractivity contribution is 0.0993. The van der Waals surface area contributed by atoms with Crippen LogP contribution in [0.25, 0.3) is 11.3 Å². The molecule has 4 aromatic rings. The first-order chi connectivity index (χ1) is 19.3. The molecule has 0 saturated heterocycles. The van der Waals surface area contributed by atoms with Gasteiger partial charge in [-0.3, -0.25) is 9.69 Å². The predicted octanol–water partition coefficient (Wildman–Crippen LogP) is 8.28. The third-order valence-corrected chi connectivity index (χ3v) is 7.92. The molecule has 7 nitrogen and oxygen atoms in total. The molecule has 40 heavy (non-hydrogen) atoms. The van der Waals surface area contributed by atoms with Crippen LogP contribution in [0, 0.1) is 6.92 Å². The minimum Gasteiger partial charge on any atom is -0.496 e. The van der Waals surface area contributed by atoms with Crippen molar-refractivity contribution in [3.8, 4) is 17.0 Å². The Bertz CT molecular complexity index is 1710. The predicted molar refractivity (Wildman–Crippen MR) is 159 cm³/mol. The highest BCUT2D eigenvalue weighted by atomic mass is 35.5. The van der Waals surface area contributed by atoms with E-state index >= 15 is 0 Å². The molecule has 2 aliphatic rings. The summed E-state index contributed by atoms with van der Waals surface area (Å²) in [6.45, 7) is 6.66. The van der Waals surface area contributed by atoms with E-state index in [1.165, 1.54) is 0 Å². The van der Waals surface area contributed by atoms with Crippen LogP contribution in [0.15, 0.2) is 82.2 Å². The standard InChI is InChI=1S/C31H27Cl2N5O2/c1-17(2)37-27(23-13-20(8-12-28(23)40-4)25-16-34-36-35-25)15-24-30(37)29(19-6-10-21(32)11-7-19)38(31(24)39)26-14-22(33)9-5-18(26)3/h5-15,17,29H,16H2,1-4H3. The van der Waals surface area contributed by atoms with Gasteiger partial charge in [0.05, 0.1) is 29.8 Å². The average molecular weight is 572 g/mol. The van der Waals surface area contributed by atoms with Crippen LogP contribution in [0.1, 0.15) is 58.7 Å². The van der Waals surface area contributed by atoms with Crippen LogP contribution in [-0.4, -0.2) is 29.8 Å². The molecule has 2 aliphatic heterocycles. The summed E-state index contributed by atoms with van der Waals surface area (Å²) in [5.74, 6) is 0.612. The van der Waals surface area contributed by atoms with Crippen molar-refractivity contribution in [1.29, 1.82) is 0 Å². The number of benzene rings is 3. The van der Waals surface area contributed by atoms with Crippen molar-refractivity contribution < 1.29 is 9.53 Å². The number of amides is 1. The lowest BCUT2D eigenvalue weighted by Gasteiger charge is -2.30. The molecule has 202 valence electrons.